The molecule has 0 fully saturated rings. The third-order valence-corrected chi connectivity index (χ3v) is 3.15. The summed E-state index contributed by atoms with van der Waals surface area (Å²) < 4.78 is 5.20. The molecule has 2 aromatic heterocycles. The molecule has 0 bridgehead atoms. The van der Waals surface area contributed by atoms with Gasteiger partial charge >= 0.3 is 5.97 Å². The van der Waals surface area contributed by atoms with Crippen molar-refractivity contribution >= 4 is 22.3 Å². The van der Waals surface area contributed by atoms with E-state index in [1.54, 1.807) is 12.4 Å². The molecule has 0 saturated heterocycles. The molecule has 5 heteroatoms. The second kappa shape index (κ2) is 5.18. The van der Waals surface area contributed by atoms with Crippen molar-refractivity contribution in [3.05, 3.63) is 35.5 Å². The van der Waals surface area contributed by atoms with Crippen molar-refractivity contribution in [2.24, 2.45) is 0 Å². The molecule has 0 aliphatic rings. The van der Waals surface area contributed by atoms with E-state index in [1.165, 1.54) is 11.3 Å². The van der Waals surface area contributed by atoms with Gasteiger partial charge in [-0.15, -0.1) is 11.3 Å². The van der Waals surface area contributed by atoms with Crippen LogP contribution in [0.25, 0.3) is 11.1 Å². The molecule has 18 heavy (non-hydrogen) atoms. The number of anilines is 1. The van der Waals surface area contributed by atoms with Gasteiger partial charge in [-0.2, -0.15) is 0 Å². The number of pyridine rings is 1. The summed E-state index contributed by atoms with van der Waals surface area (Å²) in [5, 5.41) is 2.32. The van der Waals surface area contributed by atoms with Crippen molar-refractivity contribution in [1.29, 1.82) is 0 Å². The predicted octanol–water partition coefficient (Wildman–Crippen LogP) is 2.96. The minimum absolute atomic E-state index is 0.168. The number of nitrogen functional groups attached to an aromatic ring is 1. The first-order valence-electron chi connectivity index (χ1n) is 5.58. The largest absolute Gasteiger partial charge is 0.459 e. The summed E-state index contributed by atoms with van der Waals surface area (Å²) >= 11 is 1.33. The van der Waals surface area contributed by atoms with Gasteiger partial charge in [0.15, 0.2) is 0 Å². The van der Waals surface area contributed by atoms with Gasteiger partial charge in [0.1, 0.15) is 10.6 Å². The monoisotopic (exact) mass is 262 g/mol. The van der Waals surface area contributed by atoms with Gasteiger partial charge in [0.05, 0.1) is 6.10 Å². The van der Waals surface area contributed by atoms with Gasteiger partial charge in [0, 0.05) is 28.9 Å². The summed E-state index contributed by atoms with van der Waals surface area (Å²) in [5.41, 5.74) is 7.92. The molecular formula is C13H14N2O2S. The van der Waals surface area contributed by atoms with Gasteiger partial charge in [-0.05, 0) is 19.9 Å². The van der Waals surface area contributed by atoms with Gasteiger partial charge in [-0.1, -0.05) is 6.07 Å². The number of thiophene rings is 1. The van der Waals surface area contributed by atoms with Crippen LogP contribution in [0.5, 0.6) is 0 Å². The van der Waals surface area contributed by atoms with Crippen LogP contribution < -0.4 is 5.73 Å². The lowest BCUT2D eigenvalue weighted by molar-refractivity contribution is 0.0380. The van der Waals surface area contributed by atoms with Crippen molar-refractivity contribution in [3.63, 3.8) is 0 Å². The number of nitrogens with two attached hydrogens (primary N) is 1. The maximum Gasteiger partial charge on any atom is 0.342 e. The topological polar surface area (TPSA) is 65.2 Å². The highest BCUT2D eigenvalue weighted by Gasteiger charge is 2.20. The second-order valence-corrected chi connectivity index (χ2v) is 5.00. The fourth-order valence-corrected chi connectivity index (χ4v) is 2.40. The van der Waals surface area contributed by atoms with Crippen molar-refractivity contribution < 1.29 is 9.53 Å². The summed E-state index contributed by atoms with van der Waals surface area (Å²) in [4.78, 5) is 16.1. The second-order valence-electron chi connectivity index (χ2n) is 4.08. The molecule has 0 unspecified atom stereocenters. The van der Waals surface area contributed by atoms with Crippen molar-refractivity contribution in [2.75, 3.05) is 5.73 Å². The number of nitrogens with zero attached hydrogens (tertiary/aromatic N) is 1. The zero-order valence-electron chi connectivity index (χ0n) is 10.2. The van der Waals surface area contributed by atoms with E-state index in [2.05, 4.69) is 4.98 Å². The fraction of sp³-hybridized carbons (Fsp3) is 0.231. The Morgan fingerprint density at radius 3 is 2.89 bits per heavy atom. The minimum Gasteiger partial charge on any atom is -0.459 e. The van der Waals surface area contributed by atoms with Crippen molar-refractivity contribution in [3.8, 4) is 11.1 Å². The molecular weight excluding hydrogens is 248 g/mol. The Morgan fingerprint density at radius 1 is 1.50 bits per heavy atom. The van der Waals surface area contributed by atoms with Crippen LogP contribution in [-0.2, 0) is 4.74 Å². The van der Waals surface area contributed by atoms with Gasteiger partial charge in [-0.25, -0.2) is 4.79 Å². The van der Waals surface area contributed by atoms with Gasteiger partial charge in [-0.3, -0.25) is 4.98 Å². The van der Waals surface area contributed by atoms with E-state index in [4.69, 9.17) is 10.5 Å². The Labute approximate surface area is 109 Å². The first kappa shape index (κ1) is 12.6. The molecule has 0 saturated carbocycles. The van der Waals surface area contributed by atoms with Crippen LogP contribution in [0.4, 0.5) is 5.00 Å². The molecule has 2 rings (SSSR count). The Morgan fingerprint density at radius 2 is 2.28 bits per heavy atom. The number of aromatic nitrogens is 1. The number of ether oxygens (including phenoxy) is 1. The van der Waals surface area contributed by atoms with E-state index in [1.807, 2.05) is 31.4 Å². The molecule has 2 N–H and O–H groups in total. The number of hydrogen-bond donors (Lipinski definition) is 1. The first-order chi connectivity index (χ1) is 8.59. The SMILES string of the molecule is CC(C)OC(=O)c1c(-c2cccnc2)csc1N. The zero-order valence-corrected chi connectivity index (χ0v) is 11.0. The molecule has 0 aliphatic carbocycles. The number of carbonyl (C=O) groups excluding carboxylic acids is 1. The fourth-order valence-electron chi connectivity index (χ4n) is 1.59. The lowest BCUT2D eigenvalue weighted by Crippen LogP contribution is -2.13. The molecule has 0 atom stereocenters. The van der Waals surface area contributed by atoms with Crippen LogP contribution in [0, 0.1) is 0 Å². The summed E-state index contributed by atoms with van der Waals surface area (Å²) in [6.07, 6.45) is 3.22. The van der Waals surface area contributed by atoms with Gasteiger partial charge in [0.25, 0.3) is 0 Å². The third-order valence-electron chi connectivity index (χ3n) is 2.34. The van der Waals surface area contributed by atoms with E-state index in [-0.39, 0.29) is 12.1 Å². The lowest BCUT2D eigenvalue weighted by atomic mass is 10.1. The van der Waals surface area contributed by atoms with Crippen molar-refractivity contribution in [2.45, 2.75) is 20.0 Å². The van der Waals surface area contributed by atoms with Crippen molar-refractivity contribution in [1.82, 2.24) is 4.98 Å². The highest BCUT2D eigenvalue weighted by Crippen LogP contribution is 2.33. The van der Waals surface area contributed by atoms with E-state index in [9.17, 15) is 4.79 Å². The molecule has 94 valence electrons. The highest BCUT2D eigenvalue weighted by atomic mass is 32.1. The zero-order chi connectivity index (χ0) is 13.1. The standard InChI is InChI=1S/C13H14N2O2S/c1-8(2)17-13(16)11-10(7-18-12(11)14)9-4-3-5-15-6-9/h3-8H,14H2,1-2H3. The van der Waals surface area contributed by atoms with Gasteiger partial charge in [0.2, 0.25) is 0 Å². The number of carbonyl (C=O) groups is 1. The summed E-state index contributed by atoms with van der Waals surface area (Å²) in [6, 6.07) is 3.71. The number of rotatable bonds is 3. The summed E-state index contributed by atoms with van der Waals surface area (Å²) in [6.45, 7) is 3.62. The molecule has 2 heterocycles. The van der Waals surface area contributed by atoms with E-state index in [0.29, 0.717) is 10.6 Å². The number of hydrogen-bond acceptors (Lipinski definition) is 5. The van der Waals surface area contributed by atoms with Crippen LogP contribution in [0.2, 0.25) is 0 Å². The molecule has 0 radical (unpaired) electrons. The predicted molar refractivity (Wildman–Crippen MR) is 72.5 cm³/mol. The van der Waals surface area contributed by atoms with Crippen LogP contribution >= 0.6 is 11.3 Å². The molecule has 4 nitrogen and oxygen atoms in total. The smallest absolute Gasteiger partial charge is 0.342 e. The first-order valence-corrected chi connectivity index (χ1v) is 6.46. The quantitative estimate of drug-likeness (QED) is 0.864. The number of esters is 1. The Kier molecular flexibility index (Phi) is 3.62. The minimum atomic E-state index is -0.386. The van der Waals surface area contributed by atoms with E-state index in [0.717, 1.165) is 11.1 Å². The Balaban J connectivity index is 2.42. The molecule has 0 spiro atoms. The van der Waals surface area contributed by atoms with E-state index < -0.39 is 0 Å². The Hall–Kier alpha value is -1.88. The molecule has 0 aromatic carbocycles. The lowest BCUT2D eigenvalue weighted by Gasteiger charge is -2.09. The van der Waals surface area contributed by atoms with Crippen LogP contribution in [-0.4, -0.2) is 17.1 Å². The highest BCUT2D eigenvalue weighted by molar-refractivity contribution is 7.14. The average molecular weight is 262 g/mol. The molecule has 0 amide bonds. The van der Waals surface area contributed by atoms with Crippen LogP contribution in [0.3, 0.4) is 0 Å². The summed E-state index contributed by atoms with van der Waals surface area (Å²) in [5.74, 6) is -0.386. The third kappa shape index (κ3) is 2.51. The molecule has 2 aromatic rings. The van der Waals surface area contributed by atoms with Crippen LogP contribution in [0.1, 0.15) is 24.2 Å². The van der Waals surface area contributed by atoms with E-state index >= 15 is 0 Å². The maximum absolute atomic E-state index is 12.0. The molecule has 0 aliphatic heterocycles. The summed E-state index contributed by atoms with van der Waals surface area (Å²) in [7, 11) is 0. The average Bonchev–Trinajstić information content (AvgIpc) is 2.71. The van der Waals surface area contributed by atoms with Gasteiger partial charge < -0.3 is 10.5 Å². The van der Waals surface area contributed by atoms with Crippen LogP contribution in [0.15, 0.2) is 29.9 Å². The maximum atomic E-state index is 12.0. The Bertz CT molecular complexity index is 549. The normalized spacial score (nSPS) is 10.6.